The largest absolute Gasteiger partial charge is 0.333 e. The first-order valence-electron chi connectivity index (χ1n) is 7.52. The summed E-state index contributed by atoms with van der Waals surface area (Å²) in [6.45, 7) is 11.1. The number of hydrogen-bond acceptors (Lipinski definition) is 3. The zero-order valence-corrected chi connectivity index (χ0v) is 14.4. The van der Waals surface area contributed by atoms with E-state index in [2.05, 4.69) is 10.6 Å². The van der Waals surface area contributed by atoms with Gasteiger partial charge in [-0.2, -0.15) is 0 Å². The molecule has 4 amide bonds. The average Bonchev–Trinajstić information content (AvgIpc) is 2.58. The van der Waals surface area contributed by atoms with Crippen molar-refractivity contribution in [1.82, 2.24) is 10.2 Å². The number of rotatable bonds is 1. The van der Waals surface area contributed by atoms with E-state index in [-0.39, 0.29) is 23.4 Å². The van der Waals surface area contributed by atoms with Gasteiger partial charge in [0.15, 0.2) is 0 Å². The lowest BCUT2D eigenvalue weighted by Crippen LogP contribution is -2.45. The fraction of sp³-hybridized carbons (Fsp3) is 0.471. The molecule has 2 N–H and O–H groups in total. The van der Waals surface area contributed by atoms with Crippen LogP contribution in [0, 0.1) is 0 Å². The molecule has 6 nitrogen and oxygen atoms in total. The van der Waals surface area contributed by atoms with Crippen molar-refractivity contribution < 1.29 is 14.4 Å². The number of carbonyl (C=O) groups excluding carboxylic acids is 3. The first kappa shape index (κ1) is 17.0. The molecular formula is C17H23N3O3. The lowest BCUT2D eigenvalue weighted by Gasteiger charge is -2.29. The summed E-state index contributed by atoms with van der Waals surface area (Å²) in [6, 6.07) is 4.39. The molecular weight excluding hydrogens is 294 g/mol. The van der Waals surface area contributed by atoms with Gasteiger partial charge in [0.1, 0.15) is 0 Å². The molecule has 1 aromatic carbocycles. The maximum absolute atomic E-state index is 12.5. The number of fused-ring (bicyclic) bond motifs is 1. The highest BCUT2D eigenvalue weighted by molar-refractivity contribution is 6.22. The van der Waals surface area contributed by atoms with Gasteiger partial charge in [-0.3, -0.25) is 14.5 Å². The molecule has 1 heterocycles. The van der Waals surface area contributed by atoms with E-state index in [4.69, 9.17) is 0 Å². The number of urea groups is 1. The number of hydrogen-bond donors (Lipinski definition) is 2. The number of imide groups is 1. The summed E-state index contributed by atoms with van der Waals surface area (Å²) in [4.78, 5) is 38.0. The minimum atomic E-state index is -0.593. The Hall–Kier alpha value is -2.37. The second-order valence-corrected chi connectivity index (χ2v) is 7.71. The molecule has 2 rings (SSSR count). The van der Waals surface area contributed by atoms with Crippen LogP contribution in [0.3, 0.4) is 0 Å². The summed E-state index contributed by atoms with van der Waals surface area (Å²) < 4.78 is 0. The Morgan fingerprint density at radius 2 is 1.52 bits per heavy atom. The van der Waals surface area contributed by atoms with E-state index in [1.54, 1.807) is 18.2 Å². The number of nitrogens with zero attached hydrogens (tertiary/aromatic N) is 1. The Morgan fingerprint density at radius 3 is 2.04 bits per heavy atom. The van der Waals surface area contributed by atoms with E-state index in [1.807, 2.05) is 41.5 Å². The number of anilines is 1. The number of benzene rings is 1. The molecule has 0 unspecified atom stereocenters. The summed E-state index contributed by atoms with van der Waals surface area (Å²) in [6.07, 6.45) is 0. The van der Waals surface area contributed by atoms with Gasteiger partial charge in [-0.1, -0.05) is 0 Å². The van der Waals surface area contributed by atoms with Gasteiger partial charge in [0.25, 0.3) is 11.8 Å². The predicted octanol–water partition coefficient (Wildman–Crippen LogP) is 3.00. The van der Waals surface area contributed by atoms with Crippen LogP contribution in [0.4, 0.5) is 10.5 Å². The quantitative estimate of drug-likeness (QED) is 0.782. The molecule has 0 fully saturated rings. The van der Waals surface area contributed by atoms with Crippen LogP contribution >= 0.6 is 0 Å². The van der Waals surface area contributed by atoms with Gasteiger partial charge in [0, 0.05) is 16.8 Å². The first-order chi connectivity index (χ1) is 10.4. The number of nitrogens with one attached hydrogen (secondary N) is 2. The maximum Gasteiger partial charge on any atom is 0.319 e. The van der Waals surface area contributed by atoms with Crippen molar-refractivity contribution in [2.24, 2.45) is 0 Å². The minimum Gasteiger partial charge on any atom is -0.333 e. The Balaban J connectivity index is 2.26. The second kappa shape index (κ2) is 5.37. The third kappa shape index (κ3) is 3.52. The predicted molar refractivity (Wildman–Crippen MR) is 88.6 cm³/mol. The van der Waals surface area contributed by atoms with Crippen molar-refractivity contribution in [1.29, 1.82) is 0 Å². The van der Waals surface area contributed by atoms with Crippen molar-refractivity contribution in [2.75, 3.05) is 5.32 Å². The molecule has 1 aliphatic heterocycles. The third-order valence-electron chi connectivity index (χ3n) is 3.30. The average molecular weight is 317 g/mol. The monoisotopic (exact) mass is 317 g/mol. The van der Waals surface area contributed by atoms with Crippen LogP contribution in [-0.4, -0.2) is 33.8 Å². The van der Waals surface area contributed by atoms with Gasteiger partial charge in [-0.25, -0.2) is 4.79 Å². The molecule has 0 bridgehead atoms. The molecule has 0 radical (unpaired) electrons. The molecule has 6 heteroatoms. The van der Waals surface area contributed by atoms with E-state index in [1.165, 1.54) is 4.90 Å². The molecule has 1 aromatic rings. The van der Waals surface area contributed by atoms with Crippen LogP contribution in [-0.2, 0) is 0 Å². The van der Waals surface area contributed by atoms with Gasteiger partial charge >= 0.3 is 6.03 Å². The molecule has 0 saturated heterocycles. The summed E-state index contributed by atoms with van der Waals surface area (Å²) in [7, 11) is 0. The summed E-state index contributed by atoms with van der Waals surface area (Å²) in [5.41, 5.74) is 0.201. The Morgan fingerprint density at radius 1 is 0.957 bits per heavy atom. The molecule has 0 spiro atoms. The summed E-state index contributed by atoms with van der Waals surface area (Å²) in [5.74, 6) is -0.638. The zero-order chi connectivity index (χ0) is 17.6. The highest BCUT2D eigenvalue weighted by Crippen LogP contribution is 2.30. The lowest BCUT2D eigenvalue weighted by atomic mass is 10.1. The van der Waals surface area contributed by atoms with E-state index < -0.39 is 5.54 Å². The Bertz CT molecular complexity index is 681. The van der Waals surface area contributed by atoms with Gasteiger partial charge in [0.2, 0.25) is 0 Å². The van der Waals surface area contributed by atoms with E-state index in [9.17, 15) is 14.4 Å². The summed E-state index contributed by atoms with van der Waals surface area (Å²) in [5, 5.41) is 5.46. The smallest absolute Gasteiger partial charge is 0.319 e. The fourth-order valence-electron chi connectivity index (χ4n) is 2.43. The van der Waals surface area contributed by atoms with Crippen molar-refractivity contribution in [3.8, 4) is 0 Å². The van der Waals surface area contributed by atoms with Crippen LogP contribution in [0.1, 0.15) is 62.3 Å². The van der Waals surface area contributed by atoms with Gasteiger partial charge in [-0.15, -0.1) is 0 Å². The zero-order valence-electron chi connectivity index (χ0n) is 14.4. The van der Waals surface area contributed by atoms with Gasteiger partial charge in [0.05, 0.1) is 11.1 Å². The Kier molecular flexibility index (Phi) is 3.96. The molecule has 23 heavy (non-hydrogen) atoms. The van der Waals surface area contributed by atoms with Crippen molar-refractivity contribution in [3.05, 3.63) is 29.3 Å². The SMILES string of the molecule is CC(C)(C)NC(=O)Nc1ccc2c(c1)C(=O)N(C(C)(C)C)C2=O. The standard InChI is InChI=1S/C17H23N3O3/c1-16(2,3)19-15(23)18-10-7-8-11-12(9-10)14(22)20(13(11)21)17(4,5)6/h7-9H,1-6H3,(H2,18,19,23). The minimum absolute atomic E-state index is 0.303. The second-order valence-electron chi connectivity index (χ2n) is 7.71. The number of carbonyl (C=O) groups is 3. The van der Waals surface area contributed by atoms with Crippen molar-refractivity contribution in [2.45, 2.75) is 52.6 Å². The van der Waals surface area contributed by atoms with E-state index in [0.29, 0.717) is 16.8 Å². The van der Waals surface area contributed by atoms with Crippen LogP contribution in [0.15, 0.2) is 18.2 Å². The molecule has 124 valence electrons. The van der Waals surface area contributed by atoms with E-state index >= 15 is 0 Å². The summed E-state index contributed by atoms with van der Waals surface area (Å²) >= 11 is 0. The first-order valence-corrected chi connectivity index (χ1v) is 7.52. The fourth-order valence-corrected chi connectivity index (χ4v) is 2.43. The van der Waals surface area contributed by atoms with Crippen molar-refractivity contribution >= 4 is 23.5 Å². The molecule has 0 atom stereocenters. The third-order valence-corrected chi connectivity index (χ3v) is 3.30. The van der Waals surface area contributed by atoms with E-state index in [0.717, 1.165) is 0 Å². The maximum atomic E-state index is 12.5. The van der Waals surface area contributed by atoms with Crippen LogP contribution < -0.4 is 10.6 Å². The van der Waals surface area contributed by atoms with Crippen LogP contribution in [0.25, 0.3) is 0 Å². The molecule has 1 aliphatic rings. The normalized spacial score (nSPS) is 14.8. The number of amides is 4. The molecule has 0 aliphatic carbocycles. The highest BCUT2D eigenvalue weighted by Gasteiger charge is 2.41. The molecule has 0 saturated carbocycles. The van der Waals surface area contributed by atoms with Gasteiger partial charge < -0.3 is 10.6 Å². The van der Waals surface area contributed by atoms with Crippen LogP contribution in [0.2, 0.25) is 0 Å². The lowest BCUT2D eigenvalue weighted by molar-refractivity contribution is 0.0507. The molecule has 0 aromatic heterocycles. The van der Waals surface area contributed by atoms with Crippen LogP contribution in [0.5, 0.6) is 0 Å². The van der Waals surface area contributed by atoms with Crippen molar-refractivity contribution in [3.63, 3.8) is 0 Å². The Labute approximate surface area is 136 Å². The highest BCUT2D eigenvalue weighted by atomic mass is 16.2. The van der Waals surface area contributed by atoms with Gasteiger partial charge in [-0.05, 0) is 59.7 Å². The topological polar surface area (TPSA) is 78.5 Å².